The number of hydrogen-bond donors (Lipinski definition) is 1. The van der Waals surface area contributed by atoms with Crippen LogP contribution < -0.4 is 5.32 Å². The van der Waals surface area contributed by atoms with Crippen LogP contribution in [0.4, 0.5) is 8.78 Å². The van der Waals surface area contributed by atoms with Crippen LogP contribution in [0.25, 0.3) is 0 Å². The first-order valence-corrected chi connectivity index (χ1v) is 8.68. The summed E-state index contributed by atoms with van der Waals surface area (Å²) in [6.07, 6.45) is 1.96. The quantitative estimate of drug-likeness (QED) is 0.792. The second-order valence-corrected chi connectivity index (χ2v) is 6.60. The molecular weight excluding hydrogens is 330 g/mol. The molecule has 0 saturated carbocycles. The maximum absolute atomic E-state index is 13.4. The molecule has 1 aromatic rings. The number of carbonyl (C=O) groups is 1. The first kappa shape index (κ1) is 18.2. The van der Waals surface area contributed by atoms with Gasteiger partial charge in [0.1, 0.15) is 6.10 Å². The molecule has 138 valence electrons. The summed E-state index contributed by atoms with van der Waals surface area (Å²) in [5.74, 6) is -1.73. The van der Waals surface area contributed by atoms with E-state index in [9.17, 15) is 13.6 Å². The fourth-order valence-corrected chi connectivity index (χ4v) is 3.67. The lowest BCUT2D eigenvalue weighted by Crippen LogP contribution is -2.48. The SMILES string of the molecule is COCCNC(=O)[C@@H]1CC[C@@H]2[C@@H](CCN2Cc2ccc(F)c(F)c2)O1. The van der Waals surface area contributed by atoms with Crippen molar-refractivity contribution in [1.29, 1.82) is 0 Å². The minimum Gasteiger partial charge on any atom is -0.383 e. The van der Waals surface area contributed by atoms with Crippen LogP contribution >= 0.6 is 0 Å². The summed E-state index contributed by atoms with van der Waals surface area (Å²) in [5, 5.41) is 2.82. The number of nitrogens with zero attached hydrogens (tertiary/aromatic N) is 1. The van der Waals surface area contributed by atoms with Gasteiger partial charge in [0.05, 0.1) is 12.7 Å². The number of fused-ring (bicyclic) bond motifs is 1. The third-order valence-electron chi connectivity index (χ3n) is 4.93. The molecular formula is C18H24F2N2O3. The molecule has 25 heavy (non-hydrogen) atoms. The maximum atomic E-state index is 13.4. The lowest BCUT2D eigenvalue weighted by Gasteiger charge is -2.35. The topological polar surface area (TPSA) is 50.8 Å². The number of ether oxygens (including phenoxy) is 2. The molecule has 5 nitrogen and oxygen atoms in total. The van der Waals surface area contributed by atoms with Gasteiger partial charge in [-0.1, -0.05) is 6.07 Å². The van der Waals surface area contributed by atoms with Gasteiger partial charge in [0, 0.05) is 32.8 Å². The molecule has 2 fully saturated rings. The molecule has 3 atom stereocenters. The Labute approximate surface area is 146 Å². The largest absolute Gasteiger partial charge is 0.383 e. The fraction of sp³-hybridized carbons (Fsp3) is 0.611. The van der Waals surface area contributed by atoms with E-state index in [-0.39, 0.29) is 18.1 Å². The third-order valence-corrected chi connectivity index (χ3v) is 4.93. The van der Waals surface area contributed by atoms with E-state index in [1.807, 2.05) is 0 Å². The van der Waals surface area contributed by atoms with Crippen molar-refractivity contribution >= 4 is 5.91 Å². The van der Waals surface area contributed by atoms with Crippen LogP contribution in [0, 0.1) is 11.6 Å². The van der Waals surface area contributed by atoms with E-state index >= 15 is 0 Å². The van der Waals surface area contributed by atoms with Gasteiger partial charge in [-0.25, -0.2) is 8.78 Å². The number of amides is 1. The van der Waals surface area contributed by atoms with E-state index in [2.05, 4.69) is 10.2 Å². The van der Waals surface area contributed by atoms with Crippen LogP contribution in [-0.4, -0.2) is 55.9 Å². The van der Waals surface area contributed by atoms with Gasteiger partial charge in [-0.05, 0) is 37.0 Å². The lowest BCUT2D eigenvalue weighted by atomic mass is 9.98. The summed E-state index contributed by atoms with van der Waals surface area (Å²) >= 11 is 0. The minimum atomic E-state index is -0.827. The molecule has 1 N–H and O–H groups in total. The smallest absolute Gasteiger partial charge is 0.249 e. The van der Waals surface area contributed by atoms with Crippen LogP contribution in [0.3, 0.4) is 0 Å². The van der Waals surface area contributed by atoms with E-state index in [0.717, 1.165) is 31.0 Å². The van der Waals surface area contributed by atoms with E-state index in [4.69, 9.17) is 9.47 Å². The molecule has 3 rings (SSSR count). The summed E-state index contributed by atoms with van der Waals surface area (Å²) in [5.41, 5.74) is 0.749. The normalized spacial score (nSPS) is 26.4. The summed E-state index contributed by atoms with van der Waals surface area (Å²) < 4.78 is 37.3. The van der Waals surface area contributed by atoms with Crippen molar-refractivity contribution in [1.82, 2.24) is 10.2 Å². The Morgan fingerprint density at radius 3 is 2.92 bits per heavy atom. The van der Waals surface area contributed by atoms with Crippen LogP contribution in [0.15, 0.2) is 18.2 Å². The molecule has 0 bridgehead atoms. The highest BCUT2D eigenvalue weighted by atomic mass is 19.2. The average molecular weight is 354 g/mol. The Bertz CT molecular complexity index is 614. The van der Waals surface area contributed by atoms with Crippen molar-refractivity contribution in [3.63, 3.8) is 0 Å². The molecule has 7 heteroatoms. The van der Waals surface area contributed by atoms with Crippen LogP contribution in [-0.2, 0) is 20.8 Å². The Morgan fingerprint density at radius 2 is 2.16 bits per heavy atom. The average Bonchev–Trinajstić information content (AvgIpc) is 3.00. The van der Waals surface area contributed by atoms with E-state index in [1.54, 1.807) is 13.2 Å². The zero-order valence-corrected chi connectivity index (χ0v) is 14.3. The van der Waals surface area contributed by atoms with Crippen molar-refractivity contribution < 1.29 is 23.0 Å². The van der Waals surface area contributed by atoms with Gasteiger partial charge >= 0.3 is 0 Å². The van der Waals surface area contributed by atoms with Gasteiger partial charge in [0.15, 0.2) is 11.6 Å². The van der Waals surface area contributed by atoms with Gasteiger partial charge in [0.2, 0.25) is 5.91 Å². The van der Waals surface area contributed by atoms with Gasteiger partial charge in [-0.15, -0.1) is 0 Å². The fourth-order valence-electron chi connectivity index (χ4n) is 3.67. The molecule has 0 unspecified atom stereocenters. The first-order valence-electron chi connectivity index (χ1n) is 8.68. The molecule has 1 aromatic carbocycles. The zero-order valence-electron chi connectivity index (χ0n) is 14.3. The Hall–Kier alpha value is -1.57. The van der Waals surface area contributed by atoms with Crippen molar-refractivity contribution in [2.45, 2.75) is 44.1 Å². The summed E-state index contributed by atoms with van der Waals surface area (Å²) in [6, 6.07) is 4.24. The minimum absolute atomic E-state index is 0.0113. The van der Waals surface area contributed by atoms with E-state index in [1.165, 1.54) is 6.07 Å². The van der Waals surface area contributed by atoms with Crippen molar-refractivity contribution in [2.75, 3.05) is 26.8 Å². The van der Waals surface area contributed by atoms with E-state index in [0.29, 0.717) is 26.1 Å². The standard InChI is InChI=1S/C18H24F2N2O3/c1-24-9-7-21-18(23)17-5-4-15-16(25-17)6-8-22(15)11-12-2-3-13(19)14(20)10-12/h2-3,10,15-17H,4-9,11H2,1H3,(H,21,23)/t15-,16-,17+/m1/s1. The van der Waals surface area contributed by atoms with Gasteiger partial charge < -0.3 is 14.8 Å². The molecule has 0 radical (unpaired) electrons. The van der Waals surface area contributed by atoms with Crippen molar-refractivity contribution in [3.05, 3.63) is 35.4 Å². The molecule has 2 aliphatic rings. The van der Waals surface area contributed by atoms with Crippen molar-refractivity contribution in [2.24, 2.45) is 0 Å². The monoisotopic (exact) mass is 354 g/mol. The lowest BCUT2D eigenvalue weighted by molar-refractivity contribution is -0.144. The van der Waals surface area contributed by atoms with Gasteiger partial charge in [-0.3, -0.25) is 9.69 Å². The molecule has 0 aliphatic carbocycles. The summed E-state index contributed by atoms with van der Waals surface area (Å²) in [7, 11) is 1.59. The molecule has 2 aliphatic heterocycles. The molecule has 1 amide bonds. The second kappa shape index (κ2) is 8.21. The predicted octanol–water partition coefficient (Wildman–Crippen LogP) is 1.85. The predicted molar refractivity (Wildman–Crippen MR) is 88.0 cm³/mol. The number of hydrogen-bond acceptors (Lipinski definition) is 4. The number of rotatable bonds is 6. The summed E-state index contributed by atoms with van der Waals surface area (Å²) in [4.78, 5) is 14.4. The molecule has 2 saturated heterocycles. The highest BCUT2D eigenvalue weighted by molar-refractivity contribution is 5.80. The van der Waals surface area contributed by atoms with Crippen LogP contribution in [0.1, 0.15) is 24.8 Å². The Kier molecular flexibility index (Phi) is 5.98. The van der Waals surface area contributed by atoms with Crippen LogP contribution in [0.2, 0.25) is 0 Å². The summed E-state index contributed by atoms with van der Waals surface area (Å²) in [6.45, 7) is 2.34. The third kappa shape index (κ3) is 4.34. The number of halogens is 2. The second-order valence-electron chi connectivity index (χ2n) is 6.60. The number of benzene rings is 1. The molecule has 0 spiro atoms. The number of likely N-dealkylation sites (tertiary alicyclic amines) is 1. The number of nitrogens with one attached hydrogen (secondary N) is 1. The highest BCUT2D eigenvalue weighted by Crippen LogP contribution is 2.32. The Morgan fingerprint density at radius 1 is 1.32 bits per heavy atom. The maximum Gasteiger partial charge on any atom is 0.249 e. The van der Waals surface area contributed by atoms with Gasteiger partial charge in [-0.2, -0.15) is 0 Å². The molecule has 2 heterocycles. The van der Waals surface area contributed by atoms with Crippen LogP contribution in [0.5, 0.6) is 0 Å². The van der Waals surface area contributed by atoms with Crippen molar-refractivity contribution in [3.8, 4) is 0 Å². The zero-order chi connectivity index (χ0) is 17.8. The number of carbonyl (C=O) groups excluding carboxylic acids is 1. The van der Waals surface area contributed by atoms with Gasteiger partial charge in [0.25, 0.3) is 0 Å². The number of methoxy groups -OCH3 is 1. The molecule has 0 aromatic heterocycles. The van der Waals surface area contributed by atoms with E-state index < -0.39 is 17.7 Å². The highest BCUT2D eigenvalue weighted by Gasteiger charge is 2.41. The first-order chi connectivity index (χ1) is 12.1. The Balaban J connectivity index is 1.53.